The number of aryl methyl sites for hydroxylation is 1. The Morgan fingerprint density at radius 2 is 2.00 bits per heavy atom. The second kappa shape index (κ2) is 4.25. The van der Waals surface area contributed by atoms with Crippen LogP contribution in [0.1, 0.15) is 16.8 Å². The summed E-state index contributed by atoms with van der Waals surface area (Å²) in [6, 6.07) is 2.43. The van der Waals surface area contributed by atoms with Gasteiger partial charge < -0.3 is 10.7 Å². The van der Waals surface area contributed by atoms with Gasteiger partial charge in [-0.15, -0.1) is 0 Å². The zero-order valence-corrected chi connectivity index (χ0v) is 9.86. The molecule has 0 bridgehead atoms. The first-order valence-electron chi connectivity index (χ1n) is 5.37. The molecule has 2 rings (SSSR count). The third-order valence-corrected chi connectivity index (χ3v) is 2.85. The summed E-state index contributed by atoms with van der Waals surface area (Å²) in [6.45, 7) is 1.54. The van der Waals surface area contributed by atoms with Crippen LogP contribution in [0.15, 0.2) is 12.1 Å². The quantitative estimate of drug-likeness (QED) is 0.813. The highest BCUT2D eigenvalue weighted by atomic mass is 19.4. The van der Waals surface area contributed by atoms with Crippen LogP contribution in [-0.2, 0) is 17.4 Å². The monoisotopic (exact) mass is 274 g/mol. The molecule has 1 amide bonds. The average molecular weight is 274 g/mol. The van der Waals surface area contributed by atoms with E-state index in [1.165, 1.54) is 6.07 Å². The minimum atomic E-state index is -4.71. The second-order valence-electron chi connectivity index (χ2n) is 4.23. The second-order valence-corrected chi connectivity index (χ2v) is 4.23. The molecular formula is C12H10F4N2O. The van der Waals surface area contributed by atoms with E-state index in [1.807, 2.05) is 4.98 Å². The van der Waals surface area contributed by atoms with Crippen molar-refractivity contribution in [1.82, 2.24) is 4.98 Å². The third kappa shape index (κ3) is 2.27. The highest BCUT2D eigenvalue weighted by Gasteiger charge is 2.37. The Labute approximate surface area is 105 Å². The molecule has 7 heteroatoms. The number of hydrogen-bond acceptors (Lipinski definition) is 1. The molecule has 0 spiro atoms. The van der Waals surface area contributed by atoms with Crippen molar-refractivity contribution in [2.45, 2.75) is 19.5 Å². The number of H-pyrrole nitrogens is 1. The number of amides is 1. The van der Waals surface area contributed by atoms with Crippen molar-refractivity contribution in [3.8, 4) is 0 Å². The number of primary amides is 1. The number of benzene rings is 1. The summed E-state index contributed by atoms with van der Waals surface area (Å²) in [7, 11) is 0. The van der Waals surface area contributed by atoms with Crippen molar-refractivity contribution >= 4 is 16.8 Å². The van der Waals surface area contributed by atoms with Gasteiger partial charge in [-0.3, -0.25) is 4.79 Å². The van der Waals surface area contributed by atoms with E-state index in [9.17, 15) is 22.4 Å². The molecule has 1 heterocycles. The van der Waals surface area contributed by atoms with Crippen LogP contribution >= 0.6 is 0 Å². The number of carbonyl (C=O) groups is 1. The first-order chi connectivity index (χ1) is 8.71. The van der Waals surface area contributed by atoms with Gasteiger partial charge in [0.15, 0.2) is 0 Å². The number of alkyl halides is 3. The average Bonchev–Trinajstić information content (AvgIpc) is 2.63. The zero-order chi connectivity index (χ0) is 14.4. The maximum atomic E-state index is 13.6. The Bertz CT molecular complexity index is 658. The summed E-state index contributed by atoms with van der Waals surface area (Å²) >= 11 is 0. The van der Waals surface area contributed by atoms with Gasteiger partial charge in [0.2, 0.25) is 5.91 Å². The minimum absolute atomic E-state index is 0.0612. The lowest BCUT2D eigenvalue weighted by Gasteiger charge is -2.07. The van der Waals surface area contributed by atoms with Gasteiger partial charge in [-0.05, 0) is 24.1 Å². The first kappa shape index (κ1) is 13.4. The van der Waals surface area contributed by atoms with Crippen molar-refractivity contribution in [2.75, 3.05) is 0 Å². The largest absolute Gasteiger partial charge is 0.431 e. The highest BCUT2D eigenvalue weighted by molar-refractivity contribution is 5.92. The molecule has 0 saturated carbocycles. The van der Waals surface area contributed by atoms with Gasteiger partial charge in [-0.2, -0.15) is 13.2 Å². The fraction of sp³-hybridized carbons (Fsp3) is 0.250. The van der Waals surface area contributed by atoms with Crippen LogP contribution in [0.5, 0.6) is 0 Å². The lowest BCUT2D eigenvalue weighted by molar-refractivity contribution is -0.141. The Morgan fingerprint density at radius 1 is 1.37 bits per heavy atom. The SMILES string of the molecule is Cc1ccc(F)c2[nH]c(C(F)(F)F)c(CC(N)=O)c12. The number of rotatable bonds is 2. The van der Waals surface area contributed by atoms with Crippen LogP contribution in [0, 0.1) is 12.7 Å². The molecule has 102 valence electrons. The van der Waals surface area contributed by atoms with Crippen LogP contribution in [0.3, 0.4) is 0 Å². The summed E-state index contributed by atoms with van der Waals surface area (Å²) in [5.41, 5.74) is 3.70. The minimum Gasteiger partial charge on any atom is -0.369 e. The van der Waals surface area contributed by atoms with Gasteiger partial charge in [-0.1, -0.05) is 6.07 Å². The van der Waals surface area contributed by atoms with E-state index in [2.05, 4.69) is 0 Å². The number of nitrogens with one attached hydrogen (secondary N) is 1. The number of halogens is 4. The van der Waals surface area contributed by atoms with Crippen molar-refractivity contribution < 1.29 is 22.4 Å². The fourth-order valence-electron chi connectivity index (χ4n) is 2.11. The van der Waals surface area contributed by atoms with Gasteiger partial charge in [0, 0.05) is 5.39 Å². The number of fused-ring (bicyclic) bond motifs is 1. The molecule has 0 radical (unpaired) electrons. The lowest BCUT2D eigenvalue weighted by atomic mass is 10.0. The van der Waals surface area contributed by atoms with Crippen molar-refractivity contribution in [3.63, 3.8) is 0 Å². The van der Waals surface area contributed by atoms with Crippen LogP contribution in [-0.4, -0.2) is 10.9 Å². The maximum absolute atomic E-state index is 13.6. The van der Waals surface area contributed by atoms with E-state index < -0.39 is 30.0 Å². The van der Waals surface area contributed by atoms with E-state index in [4.69, 9.17) is 5.73 Å². The van der Waals surface area contributed by atoms with E-state index >= 15 is 0 Å². The summed E-state index contributed by atoms with van der Waals surface area (Å²) in [6.07, 6.45) is -5.30. The van der Waals surface area contributed by atoms with Crippen LogP contribution in [0.2, 0.25) is 0 Å². The lowest BCUT2D eigenvalue weighted by Crippen LogP contribution is -2.17. The first-order valence-corrected chi connectivity index (χ1v) is 5.37. The molecule has 0 fully saturated rings. The Morgan fingerprint density at radius 3 is 2.53 bits per heavy atom. The van der Waals surface area contributed by atoms with Crippen LogP contribution < -0.4 is 5.73 Å². The molecule has 1 aromatic heterocycles. The zero-order valence-electron chi connectivity index (χ0n) is 9.86. The molecule has 0 aliphatic rings. The maximum Gasteiger partial charge on any atom is 0.431 e. The number of carbonyl (C=O) groups excluding carboxylic acids is 1. The third-order valence-electron chi connectivity index (χ3n) is 2.85. The van der Waals surface area contributed by atoms with Crippen LogP contribution in [0.25, 0.3) is 10.9 Å². The van der Waals surface area contributed by atoms with Crippen molar-refractivity contribution in [1.29, 1.82) is 0 Å². The number of aromatic nitrogens is 1. The molecular weight excluding hydrogens is 264 g/mol. The predicted molar refractivity (Wildman–Crippen MR) is 60.9 cm³/mol. The standard InChI is InChI=1S/C12H10F4N2O/c1-5-2-3-7(13)10-9(5)6(4-8(17)19)11(18-10)12(14,15)16/h2-3,18H,4H2,1H3,(H2,17,19). The van der Waals surface area contributed by atoms with Gasteiger partial charge in [0.25, 0.3) is 0 Å². The van der Waals surface area contributed by atoms with Crippen molar-refractivity contribution in [3.05, 3.63) is 34.8 Å². The molecule has 2 aromatic rings. The fourth-order valence-corrected chi connectivity index (χ4v) is 2.11. The van der Waals surface area contributed by atoms with Gasteiger partial charge in [0.05, 0.1) is 11.9 Å². The summed E-state index contributed by atoms with van der Waals surface area (Å²) in [4.78, 5) is 12.9. The van der Waals surface area contributed by atoms with Crippen LogP contribution in [0.4, 0.5) is 17.6 Å². The smallest absolute Gasteiger partial charge is 0.369 e. The highest BCUT2D eigenvalue weighted by Crippen LogP contribution is 2.37. The van der Waals surface area contributed by atoms with E-state index in [-0.39, 0.29) is 16.5 Å². The normalized spacial score (nSPS) is 12.1. The Kier molecular flexibility index (Phi) is 3.00. The van der Waals surface area contributed by atoms with E-state index in [1.54, 1.807) is 6.92 Å². The van der Waals surface area contributed by atoms with E-state index in [0.717, 1.165) is 6.07 Å². The Hall–Kier alpha value is -2.05. The molecule has 0 aliphatic carbocycles. The van der Waals surface area contributed by atoms with Gasteiger partial charge >= 0.3 is 6.18 Å². The molecule has 0 unspecified atom stereocenters. The molecule has 3 N–H and O–H groups in total. The molecule has 0 aliphatic heterocycles. The molecule has 1 aromatic carbocycles. The van der Waals surface area contributed by atoms with E-state index in [0.29, 0.717) is 5.56 Å². The molecule has 0 atom stereocenters. The summed E-state index contributed by atoms with van der Waals surface area (Å²) in [5.74, 6) is -1.71. The number of hydrogen-bond donors (Lipinski definition) is 2. The summed E-state index contributed by atoms with van der Waals surface area (Å²) in [5, 5.41) is 0.0612. The molecule has 0 saturated heterocycles. The number of aromatic amines is 1. The molecule has 3 nitrogen and oxygen atoms in total. The Balaban J connectivity index is 2.85. The van der Waals surface area contributed by atoms with Gasteiger partial charge in [-0.25, -0.2) is 4.39 Å². The topological polar surface area (TPSA) is 58.9 Å². The molecule has 19 heavy (non-hydrogen) atoms. The number of nitrogens with two attached hydrogens (primary N) is 1. The predicted octanol–water partition coefficient (Wildman–Crippen LogP) is 2.66. The van der Waals surface area contributed by atoms with Crippen molar-refractivity contribution in [2.24, 2.45) is 5.73 Å². The summed E-state index contributed by atoms with van der Waals surface area (Å²) < 4.78 is 52.3. The van der Waals surface area contributed by atoms with Gasteiger partial charge in [0.1, 0.15) is 11.5 Å².